The first kappa shape index (κ1) is 11.0. The van der Waals surface area contributed by atoms with E-state index in [9.17, 15) is 0 Å². The molecule has 0 spiro atoms. The van der Waals surface area contributed by atoms with Crippen LogP contribution in [0.15, 0.2) is 24.5 Å². The Labute approximate surface area is 85.7 Å². The van der Waals surface area contributed by atoms with E-state index in [0.717, 1.165) is 18.5 Å². The highest BCUT2D eigenvalue weighted by Crippen LogP contribution is 2.20. The maximum absolute atomic E-state index is 5.59. The van der Waals surface area contributed by atoms with E-state index in [2.05, 4.69) is 24.1 Å². The molecule has 0 saturated carbocycles. The van der Waals surface area contributed by atoms with Crippen molar-refractivity contribution in [3.63, 3.8) is 0 Å². The summed E-state index contributed by atoms with van der Waals surface area (Å²) in [7, 11) is 0. The number of anilines is 1. The number of rotatable bonds is 5. The highest BCUT2D eigenvalue weighted by atomic mass is 15.0. The van der Waals surface area contributed by atoms with E-state index < -0.39 is 0 Å². The van der Waals surface area contributed by atoms with E-state index in [-0.39, 0.29) is 5.54 Å². The molecule has 0 amide bonds. The fraction of sp³-hybridized carbons (Fsp3) is 0.545. The van der Waals surface area contributed by atoms with Gasteiger partial charge in [-0.15, -0.1) is 0 Å². The van der Waals surface area contributed by atoms with E-state index in [1.165, 1.54) is 0 Å². The zero-order valence-corrected chi connectivity index (χ0v) is 8.96. The Morgan fingerprint density at radius 2 is 2.07 bits per heavy atom. The number of nitrogens with two attached hydrogens (primary N) is 1. The van der Waals surface area contributed by atoms with Crippen molar-refractivity contribution < 1.29 is 0 Å². The van der Waals surface area contributed by atoms with Crippen LogP contribution in [0, 0.1) is 0 Å². The van der Waals surface area contributed by atoms with Crippen molar-refractivity contribution in [1.29, 1.82) is 0 Å². The first-order valence-electron chi connectivity index (χ1n) is 5.08. The van der Waals surface area contributed by atoms with Crippen molar-refractivity contribution in [2.24, 2.45) is 5.73 Å². The average molecular weight is 193 g/mol. The second-order valence-electron chi connectivity index (χ2n) is 3.81. The summed E-state index contributed by atoms with van der Waals surface area (Å²) in [5.41, 5.74) is 6.79. The van der Waals surface area contributed by atoms with E-state index in [1.54, 1.807) is 12.4 Å². The summed E-state index contributed by atoms with van der Waals surface area (Å²) in [4.78, 5) is 3.98. The van der Waals surface area contributed by atoms with Gasteiger partial charge in [-0.25, -0.2) is 0 Å². The number of nitrogens with zero attached hydrogens (tertiary/aromatic N) is 1. The molecule has 0 bridgehead atoms. The van der Waals surface area contributed by atoms with Gasteiger partial charge < -0.3 is 11.1 Å². The minimum absolute atomic E-state index is 0.0934. The summed E-state index contributed by atoms with van der Waals surface area (Å²) in [6.07, 6.45) is 5.63. The number of nitrogens with one attached hydrogen (secondary N) is 1. The van der Waals surface area contributed by atoms with Crippen LogP contribution < -0.4 is 11.1 Å². The fourth-order valence-corrected chi connectivity index (χ4v) is 1.43. The van der Waals surface area contributed by atoms with Crippen LogP contribution in [0.1, 0.15) is 26.7 Å². The van der Waals surface area contributed by atoms with Crippen LogP contribution in [0.3, 0.4) is 0 Å². The molecule has 1 heterocycles. The zero-order chi connectivity index (χ0) is 10.4. The maximum atomic E-state index is 5.59. The van der Waals surface area contributed by atoms with Crippen molar-refractivity contribution in [2.75, 3.05) is 11.9 Å². The van der Waals surface area contributed by atoms with E-state index in [0.29, 0.717) is 6.54 Å². The quantitative estimate of drug-likeness (QED) is 0.752. The lowest BCUT2D eigenvalue weighted by Gasteiger charge is -2.30. The normalized spacial score (nSPS) is 14.8. The molecule has 0 aromatic carbocycles. The molecule has 1 aromatic heterocycles. The van der Waals surface area contributed by atoms with Crippen molar-refractivity contribution in [3.05, 3.63) is 24.5 Å². The fourth-order valence-electron chi connectivity index (χ4n) is 1.43. The van der Waals surface area contributed by atoms with Gasteiger partial charge in [0.25, 0.3) is 0 Å². The topological polar surface area (TPSA) is 50.9 Å². The Hall–Kier alpha value is -1.09. The van der Waals surface area contributed by atoms with E-state index in [1.807, 2.05) is 12.1 Å². The predicted octanol–water partition coefficient (Wildman–Crippen LogP) is 2.01. The van der Waals surface area contributed by atoms with Crippen molar-refractivity contribution in [1.82, 2.24) is 4.98 Å². The van der Waals surface area contributed by atoms with Gasteiger partial charge in [0, 0.05) is 23.6 Å². The molecular weight excluding hydrogens is 174 g/mol. The molecule has 0 aliphatic carbocycles. The molecule has 0 aliphatic rings. The van der Waals surface area contributed by atoms with Crippen LogP contribution in [-0.2, 0) is 0 Å². The molecule has 0 fully saturated rings. The lowest BCUT2D eigenvalue weighted by atomic mass is 9.94. The minimum atomic E-state index is 0.0934. The molecule has 78 valence electrons. The molecule has 0 radical (unpaired) electrons. The van der Waals surface area contributed by atoms with Crippen molar-refractivity contribution in [3.8, 4) is 0 Å². The second kappa shape index (κ2) is 4.96. The van der Waals surface area contributed by atoms with Crippen molar-refractivity contribution in [2.45, 2.75) is 32.2 Å². The van der Waals surface area contributed by atoms with Gasteiger partial charge in [-0.05, 0) is 38.4 Å². The van der Waals surface area contributed by atoms with Crippen LogP contribution in [0.2, 0.25) is 0 Å². The highest BCUT2D eigenvalue weighted by Gasteiger charge is 2.20. The highest BCUT2D eigenvalue weighted by molar-refractivity contribution is 5.43. The second-order valence-corrected chi connectivity index (χ2v) is 3.81. The Balaban J connectivity index is 2.65. The van der Waals surface area contributed by atoms with E-state index >= 15 is 0 Å². The van der Waals surface area contributed by atoms with Crippen molar-refractivity contribution >= 4 is 5.69 Å². The summed E-state index contributed by atoms with van der Waals surface area (Å²) in [6, 6.07) is 3.95. The first-order valence-corrected chi connectivity index (χ1v) is 5.08. The molecular formula is C11H19N3. The monoisotopic (exact) mass is 193 g/mol. The number of hydrogen-bond donors (Lipinski definition) is 2. The Morgan fingerprint density at radius 3 is 2.57 bits per heavy atom. The molecule has 1 aromatic rings. The van der Waals surface area contributed by atoms with Gasteiger partial charge in [-0.2, -0.15) is 0 Å². The molecule has 1 atom stereocenters. The van der Waals surface area contributed by atoms with Gasteiger partial charge in [0.2, 0.25) is 0 Å². The standard InChI is InChI=1S/C11H19N3/c1-3-11(2,6-7-12)14-10-4-8-13-9-5-10/h4-5,8-9H,3,6-7,12H2,1-2H3,(H,13,14). The Bertz CT molecular complexity index is 260. The molecule has 1 unspecified atom stereocenters. The van der Waals surface area contributed by atoms with Crippen LogP contribution >= 0.6 is 0 Å². The predicted molar refractivity (Wildman–Crippen MR) is 60.2 cm³/mol. The van der Waals surface area contributed by atoms with Crippen LogP contribution in [0.25, 0.3) is 0 Å². The molecule has 1 rings (SSSR count). The first-order chi connectivity index (χ1) is 6.70. The Kier molecular flexibility index (Phi) is 3.89. The summed E-state index contributed by atoms with van der Waals surface area (Å²) in [5.74, 6) is 0. The summed E-state index contributed by atoms with van der Waals surface area (Å²) in [6.45, 7) is 5.08. The van der Waals surface area contributed by atoms with Gasteiger partial charge in [-0.1, -0.05) is 6.92 Å². The number of aromatic nitrogens is 1. The third-order valence-electron chi connectivity index (χ3n) is 2.60. The van der Waals surface area contributed by atoms with Gasteiger partial charge in [0.1, 0.15) is 0 Å². The lowest BCUT2D eigenvalue weighted by Crippen LogP contribution is -2.36. The van der Waals surface area contributed by atoms with Gasteiger partial charge in [-0.3, -0.25) is 4.98 Å². The third-order valence-corrected chi connectivity index (χ3v) is 2.60. The SMILES string of the molecule is CCC(C)(CCN)Nc1ccncc1. The number of hydrogen-bond acceptors (Lipinski definition) is 3. The third kappa shape index (κ3) is 3.00. The van der Waals surface area contributed by atoms with Crippen LogP contribution in [0.4, 0.5) is 5.69 Å². The van der Waals surface area contributed by atoms with E-state index in [4.69, 9.17) is 5.73 Å². The zero-order valence-electron chi connectivity index (χ0n) is 8.96. The van der Waals surface area contributed by atoms with Gasteiger partial charge in [0.05, 0.1) is 0 Å². The largest absolute Gasteiger partial charge is 0.380 e. The molecule has 3 N–H and O–H groups in total. The van der Waals surface area contributed by atoms with Crippen LogP contribution in [-0.4, -0.2) is 17.1 Å². The summed E-state index contributed by atoms with van der Waals surface area (Å²) in [5, 5.41) is 3.49. The summed E-state index contributed by atoms with van der Waals surface area (Å²) >= 11 is 0. The number of pyridine rings is 1. The van der Waals surface area contributed by atoms with Gasteiger partial charge >= 0.3 is 0 Å². The summed E-state index contributed by atoms with van der Waals surface area (Å²) < 4.78 is 0. The lowest BCUT2D eigenvalue weighted by molar-refractivity contribution is 0.463. The Morgan fingerprint density at radius 1 is 1.43 bits per heavy atom. The molecule has 3 heteroatoms. The molecule has 0 saturated heterocycles. The minimum Gasteiger partial charge on any atom is -0.380 e. The smallest absolute Gasteiger partial charge is 0.0375 e. The average Bonchev–Trinajstić information content (AvgIpc) is 2.20. The molecule has 3 nitrogen and oxygen atoms in total. The molecule has 0 aliphatic heterocycles. The maximum Gasteiger partial charge on any atom is 0.0375 e. The van der Waals surface area contributed by atoms with Gasteiger partial charge in [0.15, 0.2) is 0 Å². The molecule has 14 heavy (non-hydrogen) atoms. The van der Waals surface area contributed by atoms with Crippen LogP contribution in [0.5, 0.6) is 0 Å².